The zero-order valence-corrected chi connectivity index (χ0v) is 11.1. The quantitative estimate of drug-likeness (QED) is 0.684. The standard InChI is InChI=1S/C13H28N2/c1-6-9-15-10-11-7-8-13(4,14-5)12(11,2)3/h11,14-15H,6-10H2,1-5H3. The van der Waals surface area contributed by atoms with Crippen LogP contribution in [0.4, 0.5) is 0 Å². The van der Waals surface area contributed by atoms with Crippen LogP contribution in [0.5, 0.6) is 0 Å². The Kier molecular flexibility index (Phi) is 4.19. The highest BCUT2D eigenvalue weighted by atomic mass is 15.0. The van der Waals surface area contributed by atoms with E-state index in [0.29, 0.717) is 11.0 Å². The van der Waals surface area contributed by atoms with Crippen molar-refractivity contribution < 1.29 is 0 Å². The second-order valence-electron chi connectivity index (χ2n) is 5.74. The second-order valence-corrected chi connectivity index (χ2v) is 5.74. The van der Waals surface area contributed by atoms with Gasteiger partial charge in [-0.1, -0.05) is 20.8 Å². The van der Waals surface area contributed by atoms with Crippen LogP contribution >= 0.6 is 0 Å². The van der Waals surface area contributed by atoms with Crippen molar-refractivity contribution in [3.05, 3.63) is 0 Å². The van der Waals surface area contributed by atoms with Crippen molar-refractivity contribution >= 4 is 0 Å². The molecule has 0 aromatic carbocycles. The molecular weight excluding hydrogens is 184 g/mol. The van der Waals surface area contributed by atoms with Crippen molar-refractivity contribution in [3.63, 3.8) is 0 Å². The summed E-state index contributed by atoms with van der Waals surface area (Å²) in [4.78, 5) is 0. The molecule has 0 aromatic rings. The van der Waals surface area contributed by atoms with Crippen LogP contribution in [-0.4, -0.2) is 25.7 Å². The van der Waals surface area contributed by atoms with Gasteiger partial charge in [0.2, 0.25) is 0 Å². The van der Waals surface area contributed by atoms with Crippen molar-refractivity contribution in [2.24, 2.45) is 11.3 Å². The first-order chi connectivity index (χ1) is 6.98. The molecule has 0 aliphatic heterocycles. The van der Waals surface area contributed by atoms with Gasteiger partial charge in [-0.05, 0) is 57.7 Å². The first-order valence-corrected chi connectivity index (χ1v) is 6.37. The van der Waals surface area contributed by atoms with Crippen LogP contribution in [0.1, 0.15) is 47.0 Å². The summed E-state index contributed by atoms with van der Waals surface area (Å²) in [7, 11) is 2.10. The minimum atomic E-state index is 0.311. The van der Waals surface area contributed by atoms with E-state index in [1.165, 1.54) is 25.8 Å². The van der Waals surface area contributed by atoms with Crippen LogP contribution in [0, 0.1) is 11.3 Å². The molecule has 0 heterocycles. The fraction of sp³-hybridized carbons (Fsp3) is 1.00. The highest BCUT2D eigenvalue weighted by Gasteiger charge is 2.49. The lowest BCUT2D eigenvalue weighted by atomic mass is 9.71. The van der Waals surface area contributed by atoms with Crippen LogP contribution in [0.2, 0.25) is 0 Å². The number of nitrogens with one attached hydrogen (secondary N) is 2. The van der Waals surface area contributed by atoms with E-state index < -0.39 is 0 Å². The van der Waals surface area contributed by atoms with Gasteiger partial charge < -0.3 is 10.6 Å². The Balaban J connectivity index is 2.55. The fourth-order valence-corrected chi connectivity index (χ4v) is 2.85. The third-order valence-corrected chi connectivity index (χ3v) is 4.80. The molecule has 2 N–H and O–H groups in total. The Bertz CT molecular complexity index is 201. The van der Waals surface area contributed by atoms with Gasteiger partial charge in [0.25, 0.3) is 0 Å². The van der Waals surface area contributed by atoms with Gasteiger partial charge in [-0.25, -0.2) is 0 Å². The van der Waals surface area contributed by atoms with Gasteiger partial charge in [-0.3, -0.25) is 0 Å². The molecule has 1 aliphatic rings. The summed E-state index contributed by atoms with van der Waals surface area (Å²) >= 11 is 0. The Morgan fingerprint density at radius 2 is 1.93 bits per heavy atom. The third kappa shape index (κ3) is 2.36. The molecule has 2 unspecified atom stereocenters. The van der Waals surface area contributed by atoms with Gasteiger partial charge in [0.15, 0.2) is 0 Å². The monoisotopic (exact) mass is 212 g/mol. The van der Waals surface area contributed by atoms with E-state index in [1.54, 1.807) is 0 Å². The predicted molar refractivity (Wildman–Crippen MR) is 67.1 cm³/mol. The molecule has 2 nitrogen and oxygen atoms in total. The summed E-state index contributed by atoms with van der Waals surface area (Å²) in [6.45, 7) is 11.8. The number of hydrogen-bond acceptors (Lipinski definition) is 2. The molecule has 1 aliphatic carbocycles. The zero-order chi connectivity index (χ0) is 11.5. The second kappa shape index (κ2) is 4.84. The summed E-state index contributed by atoms with van der Waals surface area (Å²) in [6, 6.07) is 0. The third-order valence-electron chi connectivity index (χ3n) is 4.80. The van der Waals surface area contributed by atoms with E-state index in [0.717, 1.165) is 12.5 Å². The van der Waals surface area contributed by atoms with Gasteiger partial charge in [0, 0.05) is 5.54 Å². The molecule has 0 bridgehead atoms. The topological polar surface area (TPSA) is 24.1 Å². The molecule has 1 rings (SSSR count). The Morgan fingerprint density at radius 3 is 2.40 bits per heavy atom. The molecule has 0 radical (unpaired) electrons. The Morgan fingerprint density at radius 1 is 1.27 bits per heavy atom. The van der Waals surface area contributed by atoms with Crippen LogP contribution in [0.3, 0.4) is 0 Å². The Hall–Kier alpha value is -0.0800. The van der Waals surface area contributed by atoms with Crippen LogP contribution in [-0.2, 0) is 0 Å². The van der Waals surface area contributed by atoms with E-state index in [4.69, 9.17) is 0 Å². The average molecular weight is 212 g/mol. The van der Waals surface area contributed by atoms with E-state index in [2.05, 4.69) is 45.4 Å². The van der Waals surface area contributed by atoms with Crippen molar-refractivity contribution in [2.45, 2.75) is 52.5 Å². The van der Waals surface area contributed by atoms with E-state index in [9.17, 15) is 0 Å². The molecule has 2 heteroatoms. The first kappa shape index (κ1) is 13.0. The van der Waals surface area contributed by atoms with Crippen LogP contribution < -0.4 is 10.6 Å². The SMILES string of the molecule is CCCNCC1CCC(C)(NC)C1(C)C. The van der Waals surface area contributed by atoms with Crippen LogP contribution in [0.15, 0.2) is 0 Å². The molecular formula is C13H28N2. The van der Waals surface area contributed by atoms with Crippen molar-refractivity contribution in [2.75, 3.05) is 20.1 Å². The molecule has 1 fully saturated rings. The Labute approximate surface area is 95.2 Å². The van der Waals surface area contributed by atoms with Gasteiger partial charge in [-0.2, -0.15) is 0 Å². The fourth-order valence-electron chi connectivity index (χ4n) is 2.85. The molecule has 90 valence electrons. The molecule has 0 aromatic heterocycles. The minimum absolute atomic E-state index is 0.311. The van der Waals surface area contributed by atoms with Gasteiger partial charge in [-0.15, -0.1) is 0 Å². The van der Waals surface area contributed by atoms with Gasteiger partial charge in [0.05, 0.1) is 0 Å². The number of rotatable bonds is 5. The average Bonchev–Trinajstić information content (AvgIpc) is 2.42. The maximum Gasteiger partial charge on any atom is 0.0204 e. The van der Waals surface area contributed by atoms with Crippen LogP contribution in [0.25, 0.3) is 0 Å². The summed E-state index contributed by atoms with van der Waals surface area (Å²) in [5.74, 6) is 0.807. The zero-order valence-electron chi connectivity index (χ0n) is 11.1. The van der Waals surface area contributed by atoms with Gasteiger partial charge in [0.1, 0.15) is 0 Å². The lowest BCUT2D eigenvalue weighted by molar-refractivity contribution is 0.135. The van der Waals surface area contributed by atoms with E-state index in [-0.39, 0.29) is 0 Å². The molecule has 1 saturated carbocycles. The highest BCUT2D eigenvalue weighted by molar-refractivity contribution is 5.05. The molecule has 0 spiro atoms. The lowest BCUT2D eigenvalue weighted by Crippen LogP contribution is -2.51. The summed E-state index contributed by atoms with van der Waals surface area (Å²) in [5, 5.41) is 7.09. The van der Waals surface area contributed by atoms with E-state index in [1.807, 2.05) is 0 Å². The largest absolute Gasteiger partial charge is 0.316 e. The lowest BCUT2D eigenvalue weighted by Gasteiger charge is -2.42. The molecule has 0 amide bonds. The first-order valence-electron chi connectivity index (χ1n) is 6.37. The van der Waals surface area contributed by atoms with Crippen molar-refractivity contribution in [1.29, 1.82) is 0 Å². The summed E-state index contributed by atoms with van der Waals surface area (Å²) < 4.78 is 0. The predicted octanol–water partition coefficient (Wildman–Crippen LogP) is 2.40. The number of hydrogen-bond donors (Lipinski definition) is 2. The highest BCUT2D eigenvalue weighted by Crippen LogP contribution is 2.49. The molecule has 2 atom stereocenters. The van der Waals surface area contributed by atoms with E-state index >= 15 is 0 Å². The van der Waals surface area contributed by atoms with Crippen molar-refractivity contribution in [1.82, 2.24) is 10.6 Å². The minimum Gasteiger partial charge on any atom is -0.316 e. The van der Waals surface area contributed by atoms with Crippen molar-refractivity contribution in [3.8, 4) is 0 Å². The maximum absolute atomic E-state index is 3.57. The maximum atomic E-state index is 3.57. The van der Waals surface area contributed by atoms with Gasteiger partial charge >= 0.3 is 0 Å². The normalized spacial score (nSPS) is 34.6. The molecule has 15 heavy (non-hydrogen) atoms. The summed E-state index contributed by atoms with van der Waals surface area (Å²) in [6.07, 6.45) is 3.88. The molecule has 0 saturated heterocycles. The summed E-state index contributed by atoms with van der Waals surface area (Å²) in [5.41, 5.74) is 0.702. The smallest absolute Gasteiger partial charge is 0.0204 e.